The summed E-state index contributed by atoms with van der Waals surface area (Å²) in [6.07, 6.45) is -0.745. The molecule has 0 amide bonds. The lowest BCUT2D eigenvalue weighted by Gasteiger charge is -2.15. The van der Waals surface area contributed by atoms with Crippen LogP contribution in [0.4, 0.5) is 13.2 Å². The topological polar surface area (TPSA) is 127 Å². The summed E-state index contributed by atoms with van der Waals surface area (Å²) in [7, 11) is 0. The van der Waals surface area contributed by atoms with Gasteiger partial charge < -0.3 is 14.4 Å². The van der Waals surface area contributed by atoms with Crippen molar-refractivity contribution in [2.75, 3.05) is 0 Å². The number of hydrogen-bond donors (Lipinski definition) is 1. The Kier molecular flexibility index (Phi) is 6.24. The van der Waals surface area contributed by atoms with Crippen LogP contribution in [0.15, 0.2) is 53.4 Å². The molecule has 0 atom stereocenters. The molecule has 0 radical (unpaired) electrons. The molecule has 4 heterocycles. The fourth-order valence-electron chi connectivity index (χ4n) is 4.35. The van der Waals surface area contributed by atoms with Gasteiger partial charge in [0.2, 0.25) is 0 Å². The average molecular weight is 554 g/mol. The quantitative estimate of drug-likeness (QED) is 0.262. The first kappa shape index (κ1) is 25.7. The number of carboxylic acid groups (broad SMARTS) is 1. The number of aromatic nitrogens is 4. The predicted octanol–water partition coefficient (Wildman–Crippen LogP) is 6.48. The van der Waals surface area contributed by atoms with Gasteiger partial charge in [-0.3, -0.25) is 4.57 Å². The highest BCUT2D eigenvalue weighted by Crippen LogP contribution is 2.45. The number of nitriles is 1. The van der Waals surface area contributed by atoms with Crippen molar-refractivity contribution < 1.29 is 32.3 Å². The second-order valence-electron chi connectivity index (χ2n) is 8.38. The van der Waals surface area contributed by atoms with Crippen LogP contribution in [0.1, 0.15) is 27.4 Å². The summed E-state index contributed by atoms with van der Waals surface area (Å²) < 4.78 is 51.2. The molecule has 0 aliphatic heterocycles. The first-order valence-electron chi connectivity index (χ1n) is 11.1. The third kappa shape index (κ3) is 4.64. The smallest absolute Gasteiger partial charge is 0.478 e. The van der Waals surface area contributed by atoms with Gasteiger partial charge in [0.1, 0.15) is 23.2 Å². The first-order chi connectivity index (χ1) is 18.5. The van der Waals surface area contributed by atoms with Gasteiger partial charge in [-0.15, -0.1) is 13.2 Å². The Balaban J connectivity index is 1.88. The number of alkyl halides is 3. The van der Waals surface area contributed by atoms with Gasteiger partial charge in [0, 0.05) is 46.2 Å². The van der Waals surface area contributed by atoms with Crippen LogP contribution in [0.2, 0.25) is 5.02 Å². The van der Waals surface area contributed by atoms with Gasteiger partial charge in [-0.05, 0) is 44.2 Å². The van der Waals surface area contributed by atoms with Crippen LogP contribution in [-0.4, -0.2) is 37.1 Å². The second-order valence-corrected chi connectivity index (χ2v) is 8.78. The van der Waals surface area contributed by atoms with Crippen LogP contribution in [0.5, 0.6) is 5.75 Å². The van der Waals surface area contributed by atoms with Crippen LogP contribution in [0.25, 0.3) is 39.1 Å². The number of benzene rings is 1. The number of ether oxygens (including phenoxy) is 1. The number of hydrogen-bond acceptors (Lipinski definition) is 7. The Morgan fingerprint density at radius 3 is 2.62 bits per heavy atom. The van der Waals surface area contributed by atoms with Crippen LogP contribution in [0.3, 0.4) is 0 Å². The zero-order valence-corrected chi connectivity index (χ0v) is 20.8. The number of carboxylic acids is 1. The number of aromatic carboxylic acids is 1. The van der Waals surface area contributed by atoms with E-state index in [-0.39, 0.29) is 33.2 Å². The standard InChI is InChI=1S/C26H15ClF3N5O4/c1-12-21(13(2)39-34-12)16-6-17-18(11-35(24(17)33-10-16)23-14(9-31)4-3-5-32-23)22-19(27)7-15(25(36)37)8-20(22)38-26(28,29)30/h3-8,10-11H,1-2H3,(H,36,37). The summed E-state index contributed by atoms with van der Waals surface area (Å²) in [5.41, 5.74) is 1.57. The van der Waals surface area contributed by atoms with E-state index < -0.39 is 23.6 Å². The highest BCUT2D eigenvalue weighted by atomic mass is 35.5. The summed E-state index contributed by atoms with van der Waals surface area (Å²) in [6, 6.07) is 8.56. The molecule has 5 rings (SSSR count). The number of fused-ring (bicyclic) bond motifs is 1. The van der Waals surface area contributed by atoms with E-state index in [1.165, 1.54) is 29.2 Å². The molecule has 0 bridgehead atoms. The molecular weight excluding hydrogens is 539 g/mol. The molecule has 39 heavy (non-hydrogen) atoms. The van der Waals surface area contributed by atoms with Crippen LogP contribution in [0, 0.1) is 25.2 Å². The lowest BCUT2D eigenvalue weighted by molar-refractivity contribution is -0.274. The van der Waals surface area contributed by atoms with E-state index in [4.69, 9.17) is 16.1 Å². The molecule has 0 saturated carbocycles. The summed E-state index contributed by atoms with van der Waals surface area (Å²) in [5, 5.41) is 23.0. The number of carbonyl (C=O) groups is 1. The Bertz CT molecular complexity index is 1800. The minimum Gasteiger partial charge on any atom is -0.478 e. The van der Waals surface area contributed by atoms with Gasteiger partial charge in [-0.2, -0.15) is 5.26 Å². The third-order valence-corrected chi connectivity index (χ3v) is 6.19. The molecular formula is C26H15ClF3N5O4. The monoisotopic (exact) mass is 553 g/mol. The lowest BCUT2D eigenvalue weighted by Crippen LogP contribution is -2.18. The fourth-order valence-corrected chi connectivity index (χ4v) is 4.66. The molecule has 196 valence electrons. The highest BCUT2D eigenvalue weighted by Gasteiger charge is 2.34. The Hall–Kier alpha value is -4.89. The summed E-state index contributed by atoms with van der Waals surface area (Å²) in [6.45, 7) is 3.43. The van der Waals surface area contributed by atoms with E-state index in [1.807, 2.05) is 6.07 Å². The van der Waals surface area contributed by atoms with Crippen molar-refractivity contribution in [1.29, 1.82) is 5.26 Å². The maximum Gasteiger partial charge on any atom is 0.573 e. The molecule has 5 aromatic rings. The van der Waals surface area contributed by atoms with Gasteiger partial charge >= 0.3 is 12.3 Å². The molecule has 4 aromatic heterocycles. The number of nitrogens with zero attached hydrogens (tertiary/aromatic N) is 5. The van der Waals surface area contributed by atoms with Crippen molar-refractivity contribution >= 4 is 28.6 Å². The number of halogens is 4. The Labute approximate surface area is 222 Å². The van der Waals surface area contributed by atoms with Gasteiger partial charge in [-0.25, -0.2) is 14.8 Å². The van der Waals surface area contributed by atoms with Crippen LogP contribution >= 0.6 is 11.6 Å². The van der Waals surface area contributed by atoms with Crippen LogP contribution in [-0.2, 0) is 0 Å². The lowest BCUT2D eigenvalue weighted by atomic mass is 9.99. The molecule has 1 aromatic carbocycles. The second kappa shape index (κ2) is 9.45. The van der Waals surface area contributed by atoms with Crippen molar-refractivity contribution in [3.63, 3.8) is 0 Å². The average Bonchev–Trinajstić information content (AvgIpc) is 3.41. The third-order valence-electron chi connectivity index (χ3n) is 5.90. The molecule has 0 spiro atoms. The largest absolute Gasteiger partial charge is 0.573 e. The minimum absolute atomic E-state index is 0.127. The molecule has 0 unspecified atom stereocenters. The number of aryl methyl sites for hydroxylation is 2. The van der Waals surface area contributed by atoms with E-state index in [9.17, 15) is 28.3 Å². The summed E-state index contributed by atoms with van der Waals surface area (Å²) in [5.74, 6) is -1.65. The van der Waals surface area contributed by atoms with E-state index in [0.29, 0.717) is 28.0 Å². The number of rotatable bonds is 5. The first-order valence-corrected chi connectivity index (χ1v) is 11.5. The zero-order valence-electron chi connectivity index (χ0n) is 20.0. The number of pyridine rings is 2. The molecule has 0 aliphatic carbocycles. The molecule has 13 heteroatoms. The molecule has 0 aliphatic rings. The van der Waals surface area contributed by atoms with E-state index >= 15 is 0 Å². The van der Waals surface area contributed by atoms with E-state index in [2.05, 4.69) is 19.9 Å². The minimum atomic E-state index is -5.15. The van der Waals surface area contributed by atoms with Crippen molar-refractivity contribution in [2.45, 2.75) is 20.2 Å². The van der Waals surface area contributed by atoms with Gasteiger partial charge in [0.15, 0.2) is 5.82 Å². The Morgan fingerprint density at radius 2 is 1.97 bits per heavy atom. The van der Waals surface area contributed by atoms with Gasteiger partial charge in [-0.1, -0.05) is 16.8 Å². The highest BCUT2D eigenvalue weighted by molar-refractivity contribution is 6.34. The molecule has 9 nitrogen and oxygen atoms in total. The zero-order chi connectivity index (χ0) is 28.1. The van der Waals surface area contributed by atoms with Crippen molar-refractivity contribution in [1.82, 2.24) is 19.7 Å². The predicted molar refractivity (Wildman–Crippen MR) is 133 cm³/mol. The van der Waals surface area contributed by atoms with Crippen LogP contribution < -0.4 is 4.74 Å². The molecule has 1 N–H and O–H groups in total. The van der Waals surface area contributed by atoms with Crippen molar-refractivity contribution in [2.24, 2.45) is 0 Å². The van der Waals surface area contributed by atoms with Crippen molar-refractivity contribution in [3.05, 3.63) is 76.5 Å². The van der Waals surface area contributed by atoms with Gasteiger partial charge in [0.25, 0.3) is 0 Å². The van der Waals surface area contributed by atoms with E-state index in [0.717, 1.165) is 12.1 Å². The molecule has 0 fully saturated rings. The molecule has 0 saturated heterocycles. The SMILES string of the molecule is Cc1noc(C)c1-c1cnc2c(c1)c(-c1c(Cl)cc(C(=O)O)cc1OC(F)(F)F)cn2-c1ncccc1C#N. The summed E-state index contributed by atoms with van der Waals surface area (Å²) >= 11 is 6.41. The Morgan fingerprint density at radius 1 is 1.21 bits per heavy atom. The normalized spacial score (nSPS) is 11.5. The summed E-state index contributed by atoms with van der Waals surface area (Å²) in [4.78, 5) is 20.4. The maximum atomic E-state index is 13.4. The van der Waals surface area contributed by atoms with Gasteiger partial charge in [0.05, 0.1) is 21.8 Å². The van der Waals surface area contributed by atoms with Crippen molar-refractivity contribution in [3.8, 4) is 39.9 Å². The fraction of sp³-hybridized carbons (Fsp3) is 0.115. The van der Waals surface area contributed by atoms with E-state index in [1.54, 1.807) is 26.0 Å². The maximum absolute atomic E-state index is 13.4.